The molecule has 0 bridgehead atoms. The Morgan fingerprint density at radius 1 is 1.17 bits per heavy atom. The molecule has 1 aromatic carbocycles. The van der Waals surface area contributed by atoms with E-state index in [1.807, 2.05) is 6.07 Å². The lowest BCUT2D eigenvalue weighted by Crippen LogP contribution is -2.14. The SMILES string of the molecule is Cc1nnc(-c2c(C)[nH]c(C)c2S(=O)(=O)Nc2cccc(Br)c2)o1. The van der Waals surface area contributed by atoms with Crippen LogP contribution in [0.1, 0.15) is 17.3 Å². The number of halogens is 1. The Kier molecular flexibility index (Phi) is 4.22. The molecule has 2 N–H and O–H groups in total. The summed E-state index contributed by atoms with van der Waals surface area (Å²) in [6.45, 7) is 5.11. The normalized spacial score (nSPS) is 11.7. The lowest BCUT2D eigenvalue weighted by atomic mass is 10.2. The molecule has 0 fully saturated rings. The standard InChI is InChI=1S/C15H15BrN4O3S/c1-8-13(15-19-18-10(3)23-15)14(9(2)17-8)24(21,22)20-12-6-4-5-11(16)7-12/h4-7,17,20H,1-3H3. The summed E-state index contributed by atoms with van der Waals surface area (Å²) < 4.78 is 34.6. The minimum absolute atomic E-state index is 0.101. The third-order valence-electron chi connectivity index (χ3n) is 3.40. The second-order valence-corrected chi connectivity index (χ2v) is 7.86. The van der Waals surface area contributed by atoms with Crippen LogP contribution in [0.3, 0.4) is 0 Å². The van der Waals surface area contributed by atoms with Gasteiger partial charge in [0, 0.05) is 28.5 Å². The quantitative estimate of drug-likeness (QED) is 0.684. The Balaban J connectivity index is 2.11. The van der Waals surface area contributed by atoms with Gasteiger partial charge in [-0.05, 0) is 32.0 Å². The van der Waals surface area contributed by atoms with E-state index < -0.39 is 10.0 Å². The molecule has 2 aromatic heterocycles. The monoisotopic (exact) mass is 410 g/mol. The summed E-state index contributed by atoms with van der Waals surface area (Å²) in [5.41, 5.74) is 1.98. The summed E-state index contributed by atoms with van der Waals surface area (Å²) in [5.74, 6) is 0.538. The molecule has 126 valence electrons. The Labute approximate surface area is 147 Å². The van der Waals surface area contributed by atoms with E-state index >= 15 is 0 Å². The van der Waals surface area contributed by atoms with Crippen molar-refractivity contribution < 1.29 is 12.8 Å². The molecule has 3 rings (SSSR count). The molecule has 7 nitrogen and oxygen atoms in total. The minimum Gasteiger partial charge on any atom is -0.421 e. The number of nitrogens with zero attached hydrogens (tertiary/aromatic N) is 2. The fourth-order valence-corrected chi connectivity index (χ4v) is 4.41. The largest absolute Gasteiger partial charge is 0.421 e. The van der Waals surface area contributed by atoms with Gasteiger partial charge in [-0.2, -0.15) is 0 Å². The van der Waals surface area contributed by atoms with Crippen LogP contribution >= 0.6 is 15.9 Å². The summed E-state index contributed by atoms with van der Waals surface area (Å²) in [6.07, 6.45) is 0. The minimum atomic E-state index is -3.84. The number of aromatic nitrogens is 3. The van der Waals surface area contributed by atoms with Crippen LogP contribution in [-0.2, 0) is 10.0 Å². The van der Waals surface area contributed by atoms with E-state index in [2.05, 4.69) is 35.8 Å². The van der Waals surface area contributed by atoms with Gasteiger partial charge in [-0.1, -0.05) is 22.0 Å². The maximum atomic E-state index is 12.9. The maximum Gasteiger partial charge on any atom is 0.264 e. The predicted octanol–water partition coefficient (Wildman–Crippen LogP) is 3.55. The van der Waals surface area contributed by atoms with Crippen molar-refractivity contribution in [3.05, 3.63) is 46.0 Å². The molecule has 0 aliphatic rings. The smallest absolute Gasteiger partial charge is 0.264 e. The van der Waals surface area contributed by atoms with Crippen molar-refractivity contribution in [2.75, 3.05) is 4.72 Å². The first-order valence-electron chi connectivity index (χ1n) is 7.06. The second-order valence-electron chi connectivity index (χ2n) is 5.32. The molecule has 0 atom stereocenters. The molecule has 0 saturated heterocycles. The lowest BCUT2D eigenvalue weighted by Gasteiger charge is -2.09. The Morgan fingerprint density at radius 2 is 1.92 bits per heavy atom. The van der Waals surface area contributed by atoms with Crippen LogP contribution in [0.15, 0.2) is 38.1 Å². The number of hydrogen-bond acceptors (Lipinski definition) is 5. The Hall–Kier alpha value is -2.13. The van der Waals surface area contributed by atoms with Gasteiger partial charge in [0.25, 0.3) is 15.9 Å². The van der Waals surface area contributed by atoms with E-state index in [9.17, 15) is 8.42 Å². The first kappa shape index (κ1) is 16.7. The van der Waals surface area contributed by atoms with Gasteiger partial charge in [-0.3, -0.25) is 4.72 Å². The van der Waals surface area contributed by atoms with Crippen molar-refractivity contribution in [3.8, 4) is 11.5 Å². The summed E-state index contributed by atoms with van der Waals surface area (Å²) in [5, 5.41) is 7.73. The van der Waals surface area contributed by atoms with Gasteiger partial charge >= 0.3 is 0 Å². The Bertz CT molecular complexity index is 1010. The van der Waals surface area contributed by atoms with Crippen molar-refractivity contribution >= 4 is 31.6 Å². The number of aryl methyl sites for hydroxylation is 3. The van der Waals surface area contributed by atoms with Gasteiger partial charge in [0.15, 0.2) is 0 Å². The average Bonchev–Trinajstić information content (AvgIpc) is 3.01. The predicted molar refractivity (Wildman–Crippen MR) is 93.2 cm³/mol. The van der Waals surface area contributed by atoms with Crippen LogP contribution in [0.2, 0.25) is 0 Å². The first-order chi connectivity index (χ1) is 11.3. The third kappa shape index (κ3) is 3.09. The molecule has 0 aliphatic carbocycles. The number of H-pyrrole nitrogens is 1. The van der Waals surface area contributed by atoms with Gasteiger partial charge in [0.1, 0.15) is 4.90 Å². The maximum absolute atomic E-state index is 12.9. The van der Waals surface area contributed by atoms with Crippen LogP contribution < -0.4 is 4.72 Å². The molecule has 24 heavy (non-hydrogen) atoms. The summed E-state index contributed by atoms with van der Waals surface area (Å²) in [4.78, 5) is 3.13. The van der Waals surface area contributed by atoms with Crippen LogP contribution in [0.4, 0.5) is 5.69 Å². The van der Waals surface area contributed by atoms with E-state index in [1.165, 1.54) is 0 Å². The van der Waals surface area contributed by atoms with Crippen molar-refractivity contribution in [2.45, 2.75) is 25.7 Å². The zero-order valence-corrected chi connectivity index (χ0v) is 15.6. The number of rotatable bonds is 4. The molecule has 9 heteroatoms. The molecule has 3 aromatic rings. The van der Waals surface area contributed by atoms with Crippen molar-refractivity contribution in [2.24, 2.45) is 0 Å². The van der Waals surface area contributed by atoms with E-state index in [-0.39, 0.29) is 10.8 Å². The molecule has 0 spiro atoms. The summed E-state index contributed by atoms with van der Waals surface area (Å²) >= 11 is 3.32. The fraction of sp³-hybridized carbons (Fsp3) is 0.200. The number of nitrogens with one attached hydrogen (secondary N) is 2. The highest BCUT2D eigenvalue weighted by Crippen LogP contribution is 2.33. The highest BCUT2D eigenvalue weighted by atomic mass is 79.9. The zero-order chi connectivity index (χ0) is 17.5. The molecule has 2 heterocycles. The van der Waals surface area contributed by atoms with E-state index in [1.54, 1.807) is 39.0 Å². The van der Waals surface area contributed by atoms with Crippen LogP contribution in [0, 0.1) is 20.8 Å². The molecule has 0 unspecified atom stereocenters. The van der Waals surface area contributed by atoms with Gasteiger partial charge in [0.2, 0.25) is 5.89 Å². The number of sulfonamides is 1. The first-order valence-corrected chi connectivity index (χ1v) is 9.33. The molecule has 0 amide bonds. The van der Waals surface area contributed by atoms with E-state index in [4.69, 9.17) is 4.42 Å². The highest BCUT2D eigenvalue weighted by molar-refractivity contribution is 9.10. The van der Waals surface area contributed by atoms with Crippen molar-refractivity contribution in [3.63, 3.8) is 0 Å². The topological polar surface area (TPSA) is 101 Å². The number of hydrogen-bond donors (Lipinski definition) is 2. The number of aromatic amines is 1. The molecular weight excluding hydrogens is 396 g/mol. The van der Waals surface area contributed by atoms with Gasteiger partial charge < -0.3 is 9.40 Å². The van der Waals surface area contributed by atoms with Crippen molar-refractivity contribution in [1.82, 2.24) is 15.2 Å². The lowest BCUT2D eigenvalue weighted by molar-refractivity contribution is 0.531. The second kappa shape index (κ2) is 6.06. The summed E-state index contributed by atoms with van der Waals surface area (Å²) in [7, 11) is -3.84. The third-order valence-corrected chi connectivity index (χ3v) is 5.45. The average molecular weight is 411 g/mol. The van der Waals surface area contributed by atoms with Gasteiger partial charge in [0.05, 0.1) is 5.56 Å². The fourth-order valence-electron chi connectivity index (χ4n) is 2.51. The number of benzene rings is 1. The Morgan fingerprint density at radius 3 is 2.54 bits per heavy atom. The van der Waals surface area contributed by atoms with E-state index in [0.29, 0.717) is 28.5 Å². The van der Waals surface area contributed by atoms with Gasteiger partial charge in [-0.15, -0.1) is 10.2 Å². The van der Waals surface area contributed by atoms with Crippen molar-refractivity contribution in [1.29, 1.82) is 0 Å². The number of anilines is 1. The zero-order valence-electron chi connectivity index (χ0n) is 13.2. The molecular formula is C15H15BrN4O3S. The molecule has 0 saturated carbocycles. The highest BCUT2D eigenvalue weighted by Gasteiger charge is 2.29. The van der Waals surface area contributed by atoms with Crippen LogP contribution in [-0.4, -0.2) is 23.6 Å². The van der Waals surface area contributed by atoms with Crippen LogP contribution in [0.5, 0.6) is 0 Å². The molecule has 0 radical (unpaired) electrons. The van der Waals surface area contributed by atoms with Gasteiger partial charge in [-0.25, -0.2) is 8.42 Å². The molecule has 0 aliphatic heterocycles. The van der Waals surface area contributed by atoms with E-state index in [0.717, 1.165) is 4.47 Å². The van der Waals surface area contributed by atoms with Crippen LogP contribution in [0.25, 0.3) is 11.5 Å². The summed E-state index contributed by atoms with van der Waals surface area (Å²) in [6, 6.07) is 6.92.